The second kappa shape index (κ2) is 9.53. The molecule has 0 bridgehead atoms. The van der Waals surface area contributed by atoms with E-state index in [9.17, 15) is 9.59 Å². The summed E-state index contributed by atoms with van der Waals surface area (Å²) in [4.78, 5) is 23.5. The van der Waals surface area contributed by atoms with E-state index in [2.05, 4.69) is 28.0 Å². The number of carbonyl (C=O) groups is 2. The first-order chi connectivity index (χ1) is 11.2. The molecule has 0 spiro atoms. The monoisotopic (exact) mass is 368 g/mol. The van der Waals surface area contributed by atoms with Crippen LogP contribution in [0, 0.1) is 0 Å². The van der Waals surface area contributed by atoms with Crippen LogP contribution in [-0.4, -0.2) is 33.5 Å². The van der Waals surface area contributed by atoms with Gasteiger partial charge in [-0.25, -0.2) is 0 Å². The third-order valence-corrected chi connectivity index (χ3v) is 5.89. The third kappa shape index (κ3) is 6.20. The number of aromatic nitrogens is 2. The molecule has 1 heterocycles. The summed E-state index contributed by atoms with van der Waals surface area (Å²) < 4.78 is 1.65. The van der Waals surface area contributed by atoms with Crippen molar-refractivity contribution in [2.45, 2.75) is 22.0 Å². The predicted octanol–water partition coefficient (Wildman–Crippen LogP) is 2.59. The quantitative estimate of drug-likeness (QED) is 0.577. The van der Waals surface area contributed by atoms with E-state index < -0.39 is 0 Å². The number of thioether (sulfide) groups is 2. The molecule has 2 rings (SSSR count). The zero-order valence-electron chi connectivity index (χ0n) is 12.4. The van der Waals surface area contributed by atoms with Gasteiger partial charge in [-0.15, -0.1) is 10.2 Å². The Balaban J connectivity index is 1.71. The Morgan fingerprint density at radius 1 is 1.09 bits per heavy atom. The van der Waals surface area contributed by atoms with Crippen LogP contribution >= 0.6 is 34.9 Å². The van der Waals surface area contributed by atoms with Gasteiger partial charge in [0.25, 0.3) is 5.91 Å². The topological polar surface area (TPSA) is 84.0 Å². The molecule has 0 atom stereocenters. The van der Waals surface area contributed by atoms with Crippen molar-refractivity contribution < 1.29 is 9.59 Å². The van der Waals surface area contributed by atoms with Crippen molar-refractivity contribution in [1.29, 1.82) is 0 Å². The summed E-state index contributed by atoms with van der Waals surface area (Å²) in [6.45, 7) is 2.11. The van der Waals surface area contributed by atoms with Crippen molar-refractivity contribution in [2.75, 3.05) is 11.5 Å². The maximum atomic E-state index is 11.8. The van der Waals surface area contributed by atoms with Crippen LogP contribution in [0.3, 0.4) is 0 Å². The molecule has 1 aromatic heterocycles. The Bertz CT molecular complexity index is 648. The van der Waals surface area contributed by atoms with E-state index in [1.807, 2.05) is 6.07 Å². The summed E-state index contributed by atoms with van der Waals surface area (Å²) >= 11 is 4.43. The van der Waals surface area contributed by atoms with Crippen LogP contribution in [0.25, 0.3) is 0 Å². The number of hydrogen-bond acceptors (Lipinski definition) is 7. The lowest BCUT2D eigenvalue weighted by molar-refractivity contribution is -0.119. The minimum Gasteiger partial charge on any atom is -0.272 e. The number of benzene rings is 1. The highest BCUT2D eigenvalue weighted by atomic mass is 32.2. The first-order valence-electron chi connectivity index (χ1n) is 6.92. The molecular weight excluding hydrogens is 352 g/mol. The first kappa shape index (κ1) is 17.8. The number of nitrogens with one attached hydrogen (secondary N) is 2. The Kier molecular flexibility index (Phi) is 7.37. The van der Waals surface area contributed by atoms with Gasteiger partial charge < -0.3 is 0 Å². The Morgan fingerprint density at radius 2 is 1.78 bits per heavy atom. The zero-order valence-corrected chi connectivity index (χ0v) is 14.9. The maximum absolute atomic E-state index is 11.8. The summed E-state index contributed by atoms with van der Waals surface area (Å²) in [5.41, 5.74) is 5.25. The fourth-order valence-corrected chi connectivity index (χ4v) is 4.20. The smallest absolute Gasteiger partial charge is 0.269 e. The van der Waals surface area contributed by atoms with Gasteiger partial charge in [0.05, 0.1) is 5.75 Å². The highest BCUT2D eigenvalue weighted by molar-refractivity contribution is 8.03. The van der Waals surface area contributed by atoms with Crippen LogP contribution in [0.15, 0.2) is 39.0 Å². The summed E-state index contributed by atoms with van der Waals surface area (Å²) in [6, 6.07) is 8.69. The van der Waals surface area contributed by atoms with Gasteiger partial charge in [0.1, 0.15) is 0 Å². The lowest BCUT2D eigenvalue weighted by Crippen LogP contribution is -2.42. The van der Waals surface area contributed by atoms with E-state index in [0.717, 1.165) is 20.9 Å². The van der Waals surface area contributed by atoms with Crippen LogP contribution in [0.4, 0.5) is 0 Å². The lowest BCUT2D eigenvalue weighted by Gasteiger charge is -2.06. The average molecular weight is 369 g/mol. The molecule has 23 heavy (non-hydrogen) atoms. The van der Waals surface area contributed by atoms with Gasteiger partial charge in [-0.3, -0.25) is 20.4 Å². The number of hydrazine groups is 1. The standard InChI is InChI=1S/C14H16N4O2S3/c1-2-8-21-13-17-18-14(23-13)22-9-11(19)15-16-12(20)10-6-4-3-5-7-10/h3-7H,2,8-9H2,1H3,(H,15,19)(H,16,20). The van der Waals surface area contributed by atoms with Crippen LogP contribution in [0.5, 0.6) is 0 Å². The minimum absolute atomic E-state index is 0.169. The van der Waals surface area contributed by atoms with E-state index in [1.54, 1.807) is 36.0 Å². The first-order valence-corrected chi connectivity index (χ1v) is 9.71. The lowest BCUT2D eigenvalue weighted by atomic mass is 10.2. The Morgan fingerprint density at radius 3 is 2.48 bits per heavy atom. The van der Waals surface area contributed by atoms with Crippen molar-refractivity contribution in [1.82, 2.24) is 21.0 Å². The van der Waals surface area contributed by atoms with Gasteiger partial charge in [0.2, 0.25) is 5.91 Å². The van der Waals surface area contributed by atoms with E-state index >= 15 is 0 Å². The average Bonchev–Trinajstić information content (AvgIpc) is 3.04. The summed E-state index contributed by atoms with van der Waals surface area (Å²) in [6.07, 6.45) is 1.08. The predicted molar refractivity (Wildman–Crippen MR) is 93.7 cm³/mol. The minimum atomic E-state index is -0.349. The molecular formula is C14H16N4O2S3. The maximum Gasteiger partial charge on any atom is 0.269 e. The van der Waals surface area contributed by atoms with Crippen molar-refractivity contribution in [2.24, 2.45) is 0 Å². The summed E-state index contributed by atoms with van der Waals surface area (Å²) in [7, 11) is 0. The molecule has 0 aliphatic rings. The highest BCUT2D eigenvalue weighted by Gasteiger charge is 2.10. The van der Waals surface area contributed by atoms with Crippen molar-refractivity contribution >= 4 is 46.7 Å². The van der Waals surface area contributed by atoms with E-state index in [-0.39, 0.29) is 17.6 Å². The van der Waals surface area contributed by atoms with Crippen LogP contribution in [-0.2, 0) is 4.79 Å². The second-order valence-corrected chi connectivity index (χ2v) is 7.88. The molecule has 2 aromatic rings. The Labute approximate surface area is 146 Å². The normalized spacial score (nSPS) is 10.3. The van der Waals surface area contributed by atoms with Crippen LogP contribution in [0.2, 0.25) is 0 Å². The molecule has 6 nitrogen and oxygen atoms in total. The van der Waals surface area contributed by atoms with Crippen molar-refractivity contribution in [3.8, 4) is 0 Å². The van der Waals surface area contributed by atoms with Gasteiger partial charge in [-0.2, -0.15) is 0 Å². The molecule has 0 aliphatic heterocycles. The van der Waals surface area contributed by atoms with Gasteiger partial charge in [0.15, 0.2) is 8.68 Å². The van der Waals surface area contributed by atoms with Crippen LogP contribution < -0.4 is 10.9 Å². The molecule has 0 aliphatic carbocycles. The number of hydrogen-bond donors (Lipinski definition) is 2. The molecule has 122 valence electrons. The number of rotatable bonds is 7. The summed E-state index contributed by atoms with van der Waals surface area (Å²) in [5, 5.41) is 8.08. The van der Waals surface area contributed by atoms with E-state index in [1.165, 1.54) is 23.1 Å². The van der Waals surface area contributed by atoms with Gasteiger partial charge in [-0.05, 0) is 18.6 Å². The molecule has 0 unspecified atom stereocenters. The number of carbonyl (C=O) groups excluding carboxylic acids is 2. The van der Waals surface area contributed by atoms with E-state index in [4.69, 9.17) is 0 Å². The van der Waals surface area contributed by atoms with E-state index in [0.29, 0.717) is 5.56 Å². The second-order valence-electron chi connectivity index (χ2n) is 4.34. The van der Waals surface area contributed by atoms with Gasteiger partial charge in [0, 0.05) is 11.3 Å². The van der Waals surface area contributed by atoms with Crippen molar-refractivity contribution in [3.63, 3.8) is 0 Å². The zero-order chi connectivity index (χ0) is 16.5. The molecule has 0 fully saturated rings. The fourth-order valence-electron chi connectivity index (χ4n) is 1.45. The number of amides is 2. The fraction of sp³-hybridized carbons (Fsp3) is 0.286. The molecule has 0 saturated carbocycles. The van der Waals surface area contributed by atoms with Crippen LogP contribution in [0.1, 0.15) is 23.7 Å². The van der Waals surface area contributed by atoms with Gasteiger partial charge in [-0.1, -0.05) is 60.0 Å². The largest absolute Gasteiger partial charge is 0.272 e. The Hall–Kier alpha value is -1.58. The third-order valence-electron chi connectivity index (χ3n) is 2.50. The molecule has 0 radical (unpaired) electrons. The molecule has 9 heteroatoms. The number of nitrogens with zero attached hydrogens (tertiary/aromatic N) is 2. The molecule has 2 amide bonds. The summed E-state index contributed by atoms with van der Waals surface area (Å²) in [5.74, 6) is 0.531. The highest BCUT2D eigenvalue weighted by Crippen LogP contribution is 2.28. The molecule has 2 N–H and O–H groups in total. The molecule has 1 aromatic carbocycles. The van der Waals surface area contributed by atoms with Crippen molar-refractivity contribution in [3.05, 3.63) is 35.9 Å². The molecule has 0 saturated heterocycles. The SMILES string of the molecule is CCCSc1nnc(SCC(=O)NNC(=O)c2ccccc2)s1. The van der Waals surface area contributed by atoms with Gasteiger partial charge >= 0.3 is 0 Å².